The fourth-order valence-corrected chi connectivity index (χ4v) is 3.95. The first kappa shape index (κ1) is 19.6. The molecule has 1 aromatic heterocycles. The van der Waals surface area contributed by atoms with Gasteiger partial charge in [-0.25, -0.2) is 0 Å². The Labute approximate surface area is 164 Å². The highest BCUT2D eigenvalue weighted by molar-refractivity contribution is 7.09. The van der Waals surface area contributed by atoms with Gasteiger partial charge < -0.3 is 14.5 Å². The summed E-state index contributed by atoms with van der Waals surface area (Å²) in [5.74, 6) is -0.130. The van der Waals surface area contributed by atoms with Crippen LogP contribution in [0.25, 0.3) is 0 Å². The molecule has 1 fully saturated rings. The van der Waals surface area contributed by atoms with Crippen LogP contribution in [-0.2, 0) is 27.4 Å². The molecule has 27 heavy (non-hydrogen) atoms. The van der Waals surface area contributed by atoms with E-state index >= 15 is 0 Å². The lowest BCUT2D eigenvalue weighted by molar-refractivity contribution is -0.141. The Morgan fingerprint density at radius 2 is 1.93 bits per heavy atom. The molecule has 0 spiro atoms. The fraction of sp³-hybridized carbons (Fsp3) is 0.429. The van der Waals surface area contributed by atoms with Gasteiger partial charge in [-0.3, -0.25) is 9.59 Å². The Morgan fingerprint density at radius 3 is 2.56 bits per heavy atom. The van der Waals surface area contributed by atoms with Crippen molar-refractivity contribution in [1.82, 2.24) is 9.80 Å². The number of nitrogens with zero attached hydrogens (tertiary/aromatic N) is 2. The van der Waals surface area contributed by atoms with E-state index in [1.807, 2.05) is 52.7 Å². The summed E-state index contributed by atoms with van der Waals surface area (Å²) in [7, 11) is 0. The number of hydrogen-bond acceptors (Lipinski definition) is 4. The van der Waals surface area contributed by atoms with E-state index in [4.69, 9.17) is 4.74 Å². The molecule has 1 aromatic carbocycles. The number of carbonyl (C=O) groups excluding carboxylic acids is 2. The minimum absolute atomic E-state index is 0.0413. The molecule has 6 heteroatoms. The second kappa shape index (κ2) is 9.67. The highest BCUT2D eigenvalue weighted by atomic mass is 32.1. The Bertz CT molecular complexity index is 727. The fourth-order valence-electron chi connectivity index (χ4n) is 3.23. The number of carbonyl (C=O) groups is 2. The third-order valence-electron chi connectivity index (χ3n) is 4.72. The van der Waals surface area contributed by atoms with Gasteiger partial charge in [0, 0.05) is 31.5 Å². The predicted octanol–water partition coefficient (Wildman–Crippen LogP) is 3.30. The molecule has 3 rings (SSSR count). The van der Waals surface area contributed by atoms with Gasteiger partial charge in [0.05, 0.1) is 19.2 Å². The number of benzene rings is 1. The molecule has 1 aliphatic rings. The first-order valence-corrected chi connectivity index (χ1v) is 10.2. The molecule has 0 aliphatic carbocycles. The largest absolute Gasteiger partial charge is 0.376 e. The van der Waals surface area contributed by atoms with Crippen LogP contribution in [0.15, 0.2) is 47.8 Å². The monoisotopic (exact) mass is 386 g/mol. The van der Waals surface area contributed by atoms with Crippen LogP contribution < -0.4 is 0 Å². The summed E-state index contributed by atoms with van der Waals surface area (Å²) < 4.78 is 5.64. The van der Waals surface area contributed by atoms with E-state index in [1.165, 1.54) is 6.92 Å². The van der Waals surface area contributed by atoms with Crippen molar-refractivity contribution in [3.05, 3.63) is 58.3 Å². The first-order valence-electron chi connectivity index (χ1n) is 9.33. The van der Waals surface area contributed by atoms with Gasteiger partial charge in [0.2, 0.25) is 11.8 Å². The molecule has 2 aromatic rings. The summed E-state index contributed by atoms with van der Waals surface area (Å²) in [6.45, 7) is 3.92. The van der Waals surface area contributed by atoms with E-state index in [1.54, 1.807) is 16.2 Å². The van der Waals surface area contributed by atoms with Crippen LogP contribution in [0.5, 0.6) is 0 Å². The molecule has 2 amide bonds. The van der Waals surface area contributed by atoms with Crippen LogP contribution in [0, 0.1) is 0 Å². The van der Waals surface area contributed by atoms with Crippen LogP contribution in [0.1, 0.15) is 30.2 Å². The zero-order chi connectivity index (χ0) is 19.1. The van der Waals surface area contributed by atoms with Crippen LogP contribution in [0.3, 0.4) is 0 Å². The molecule has 1 atom stereocenters. The van der Waals surface area contributed by atoms with Crippen molar-refractivity contribution >= 4 is 23.2 Å². The van der Waals surface area contributed by atoms with Gasteiger partial charge >= 0.3 is 0 Å². The smallest absolute Gasteiger partial charge is 0.242 e. The Kier molecular flexibility index (Phi) is 7.01. The average Bonchev–Trinajstić information content (AvgIpc) is 3.35. The van der Waals surface area contributed by atoms with Crippen LogP contribution >= 0.6 is 11.3 Å². The molecule has 5 nitrogen and oxygen atoms in total. The van der Waals surface area contributed by atoms with Gasteiger partial charge in [-0.15, -0.1) is 11.3 Å². The van der Waals surface area contributed by atoms with E-state index in [0.717, 1.165) is 29.9 Å². The first-order chi connectivity index (χ1) is 13.1. The van der Waals surface area contributed by atoms with Gasteiger partial charge in [-0.05, 0) is 29.9 Å². The second-order valence-electron chi connectivity index (χ2n) is 6.85. The topological polar surface area (TPSA) is 49.9 Å². The number of hydrogen-bond donors (Lipinski definition) is 0. The molecule has 0 bridgehead atoms. The normalized spacial score (nSPS) is 16.3. The SMILES string of the molecule is CC(=O)N(CC(=O)N(Cc1ccccc1)Cc1cccs1)C[C@@H]1CCCO1. The van der Waals surface area contributed by atoms with E-state index < -0.39 is 0 Å². The van der Waals surface area contributed by atoms with Gasteiger partial charge in [0.25, 0.3) is 0 Å². The molecule has 0 N–H and O–H groups in total. The number of ether oxygens (including phenoxy) is 1. The van der Waals surface area contributed by atoms with Gasteiger partial charge in [0.1, 0.15) is 0 Å². The lowest BCUT2D eigenvalue weighted by Gasteiger charge is -2.28. The highest BCUT2D eigenvalue weighted by Crippen LogP contribution is 2.17. The van der Waals surface area contributed by atoms with Crippen LogP contribution in [0.2, 0.25) is 0 Å². The molecule has 1 saturated heterocycles. The molecule has 1 aliphatic heterocycles. The van der Waals surface area contributed by atoms with Crippen molar-refractivity contribution in [2.45, 2.75) is 39.0 Å². The molecular formula is C21H26N2O3S. The maximum Gasteiger partial charge on any atom is 0.242 e. The van der Waals surface area contributed by atoms with Gasteiger partial charge in [-0.1, -0.05) is 36.4 Å². The summed E-state index contributed by atoms with van der Waals surface area (Å²) in [5, 5.41) is 2.01. The van der Waals surface area contributed by atoms with E-state index in [-0.39, 0.29) is 24.5 Å². The average molecular weight is 387 g/mol. The zero-order valence-electron chi connectivity index (χ0n) is 15.7. The number of amides is 2. The van der Waals surface area contributed by atoms with Crippen molar-refractivity contribution in [3.8, 4) is 0 Å². The second-order valence-corrected chi connectivity index (χ2v) is 7.88. The van der Waals surface area contributed by atoms with E-state index in [9.17, 15) is 9.59 Å². The molecule has 144 valence electrons. The third-order valence-corrected chi connectivity index (χ3v) is 5.58. The van der Waals surface area contributed by atoms with Crippen LogP contribution in [-0.4, -0.2) is 47.4 Å². The van der Waals surface area contributed by atoms with Crippen molar-refractivity contribution in [2.75, 3.05) is 19.7 Å². The standard InChI is InChI=1S/C21H26N2O3S/c1-17(24)22(14-19-9-5-11-26-19)16-21(25)23(15-20-10-6-12-27-20)13-18-7-3-2-4-8-18/h2-4,6-8,10,12,19H,5,9,11,13-16H2,1H3/t19-/m0/s1. The van der Waals surface area contributed by atoms with Crippen molar-refractivity contribution < 1.29 is 14.3 Å². The summed E-state index contributed by atoms with van der Waals surface area (Å²) in [6, 6.07) is 14.0. The predicted molar refractivity (Wildman–Crippen MR) is 106 cm³/mol. The van der Waals surface area contributed by atoms with E-state index in [0.29, 0.717) is 19.6 Å². The summed E-state index contributed by atoms with van der Waals surface area (Å²) >= 11 is 1.64. The minimum Gasteiger partial charge on any atom is -0.376 e. The highest BCUT2D eigenvalue weighted by Gasteiger charge is 2.24. The molecule has 0 radical (unpaired) electrons. The lowest BCUT2D eigenvalue weighted by Crippen LogP contribution is -2.44. The molecular weight excluding hydrogens is 360 g/mol. The van der Waals surface area contributed by atoms with Crippen molar-refractivity contribution in [3.63, 3.8) is 0 Å². The minimum atomic E-state index is -0.0883. The van der Waals surface area contributed by atoms with Crippen LogP contribution in [0.4, 0.5) is 0 Å². The third kappa shape index (κ3) is 5.91. The van der Waals surface area contributed by atoms with Crippen molar-refractivity contribution in [1.29, 1.82) is 0 Å². The summed E-state index contributed by atoms with van der Waals surface area (Å²) in [6.07, 6.45) is 2.01. The summed E-state index contributed by atoms with van der Waals surface area (Å²) in [4.78, 5) is 29.7. The number of thiophene rings is 1. The Balaban J connectivity index is 1.68. The lowest BCUT2D eigenvalue weighted by atomic mass is 10.2. The quantitative estimate of drug-likeness (QED) is 0.699. The van der Waals surface area contributed by atoms with Gasteiger partial charge in [-0.2, -0.15) is 0 Å². The van der Waals surface area contributed by atoms with Gasteiger partial charge in [0.15, 0.2) is 0 Å². The van der Waals surface area contributed by atoms with Crippen molar-refractivity contribution in [2.24, 2.45) is 0 Å². The van der Waals surface area contributed by atoms with E-state index in [2.05, 4.69) is 0 Å². The Hall–Kier alpha value is -2.18. The zero-order valence-corrected chi connectivity index (χ0v) is 16.5. The molecule has 0 unspecified atom stereocenters. The maximum absolute atomic E-state index is 13.1. The Morgan fingerprint density at radius 1 is 1.11 bits per heavy atom. The molecule has 0 saturated carbocycles. The number of rotatable bonds is 8. The summed E-state index contributed by atoms with van der Waals surface area (Å²) in [5.41, 5.74) is 1.08. The molecule has 2 heterocycles. The maximum atomic E-state index is 13.1.